The normalized spacial score (nSPS) is 34.0. The van der Waals surface area contributed by atoms with E-state index >= 15 is 0 Å². The number of rotatable bonds is 2. The van der Waals surface area contributed by atoms with E-state index in [1.165, 1.54) is 0 Å². The number of morpholine rings is 1. The molecule has 16 heavy (non-hydrogen) atoms. The molecule has 3 nitrogen and oxygen atoms in total. The van der Waals surface area contributed by atoms with Gasteiger partial charge in [-0.1, -0.05) is 19.9 Å². The number of hydrogen-bond acceptors (Lipinski definition) is 3. The van der Waals surface area contributed by atoms with Gasteiger partial charge in [0, 0.05) is 19.5 Å². The van der Waals surface area contributed by atoms with Crippen LogP contribution in [0, 0.1) is 11.3 Å². The van der Waals surface area contributed by atoms with Gasteiger partial charge < -0.3 is 10.1 Å². The molecule has 2 rings (SSSR count). The van der Waals surface area contributed by atoms with Crippen LogP contribution in [0.3, 0.4) is 0 Å². The van der Waals surface area contributed by atoms with Crippen LogP contribution in [-0.4, -0.2) is 31.6 Å². The Bertz CT molecular complexity index is 290. The van der Waals surface area contributed by atoms with E-state index in [2.05, 4.69) is 25.2 Å². The van der Waals surface area contributed by atoms with Gasteiger partial charge in [0.1, 0.15) is 0 Å². The molecule has 0 amide bonds. The molecule has 0 aromatic heterocycles. The first-order valence-corrected chi connectivity index (χ1v) is 6.12. The van der Waals surface area contributed by atoms with Crippen molar-refractivity contribution < 1.29 is 9.53 Å². The van der Waals surface area contributed by atoms with E-state index < -0.39 is 0 Å². The highest BCUT2D eigenvalue weighted by Gasteiger charge is 2.34. The van der Waals surface area contributed by atoms with Crippen LogP contribution in [0.25, 0.3) is 0 Å². The van der Waals surface area contributed by atoms with Crippen molar-refractivity contribution in [3.63, 3.8) is 0 Å². The van der Waals surface area contributed by atoms with Gasteiger partial charge in [0.05, 0.1) is 12.7 Å². The summed E-state index contributed by atoms with van der Waals surface area (Å²) in [5.41, 5.74) is 0.120. The molecular weight excluding hydrogens is 202 g/mol. The third kappa shape index (κ3) is 2.71. The smallest absolute Gasteiger partial charge is 0.155 e. The summed E-state index contributed by atoms with van der Waals surface area (Å²) < 4.78 is 5.71. The molecule has 1 aliphatic heterocycles. The van der Waals surface area contributed by atoms with Gasteiger partial charge in [-0.05, 0) is 23.8 Å². The highest BCUT2D eigenvalue weighted by molar-refractivity contribution is 5.90. The second-order valence-corrected chi connectivity index (χ2v) is 5.45. The Morgan fingerprint density at radius 3 is 3.06 bits per heavy atom. The van der Waals surface area contributed by atoms with Gasteiger partial charge in [0.2, 0.25) is 0 Å². The minimum Gasteiger partial charge on any atom is -0.376 e. The van der Waals surface area contributed by atoms with E-state index in [1.54, 1.807) is 6.08 Å². The number of ether oxygens (including phenoxy) is 1. The van der Waals surface area contributed by atoms with Crippen molar-refractivity contribution in [1.82, 2.24) is 5.32 Å². The fraction of sp³-hybridized carbons (Fsp3) is 0.769. The number of carbonyl (C=O) groups is 1. The quantitative estimate of drug-likeness (QED) is 0.771. The molecule has 3 heteroatoms. The zero-order chi connectivity index (χ0) is 11.6. The number of nitrogens with one attached hydrogen (secondary N) is 1. The number of ketones is 1. The van der Waals surface area contributed by atoms with Gasteiger partial charge >= 0.3 is 0 Å². The minimum atomic E-state index is 0.120. The molecule has 1 N–H and O–H groups in total. The van der Waals surface area contributed by atoms with Crippen LogP contribution < -0.4 is 5.32 Å². The molecule has 1 saturated heterocycles. The SMILES string of the molecule is CC1(C)C=CC(=O)CC1CC1CNCCO1. The van der Waals surface area contributed by atoms with Crippen molar-refractivity contribution in [2.45, 2.75) is 32.8 Å². The first-order valence-electron chi connectivity index (χ1n) is 6.12. The van der Waals surface area contributed by atoms with Gasteiger partial charge in [0.25, 0.3) is 0 Å². The molecule has 1 aliphatic carbocycles. The Hall–Kier alpha value is -0.670. The molecule has 0 saturated carbocycles. The van der Waals surface area contributed by atoms with E-state index in [9.17, 15) is 4.79 Å². The topological polar surface area (TPSA) is 38.3 Å². The fourth-order valence-corrected chi connectivity index (χ4v) is 2.49. The maximum atomic E-state index is 11.5. The maximum Gasteiger partial charge on any atom is 0.155 e. The van der Waals surface area contributed by atoms with Crippen molar-refractivity contribution >= 4 is 5.78 Å². The Balaban J connectivity index is 1.97. The second-order valence-electron chi connectivity index (χ2n) is 5.45. The molecule has 1 fully saturated rings. The fourth-order valence-electron chi connectivity index (χ4n) is 2.49. The summed E-state index contributed by atoms with van der Waals surface area (Å²) in [4.78, 5) is 11.5. The van der Waals surface area contributed by atoms with Gasteiger partial charge in [0.15, 0.2) is 5.78 Å². The third-order valence-corrected chi connectivity index (χ3v) is 3.75. The molecule has 0 radical (unpaired) electrons. The van der Waals surface area contributed by atoms with Crippen LogP contribution >= 0.6 is 0 Å². The first kappa shape index (κ1) is 11.8. The monoisotopic (exact) mass is 223 g/mol. The van der Waals surface area contributed by atoms with Crippen molar-refractivity contribution in [3.05, 3.63) is 12.2 Å². The summed E-state index contributed by atoms with van der Waals surface area (Å²) in [6, 6.07) is 0. The number of hydrogen-bond donors (Lipinski definition) is 1. The number of allylic oxidation sites excluding steroid dienone is 2. The predicted octanol–water partition coefficient (Wildman–Crippen LogP) is 1.54. The van der Waals surface area contributed by atoms with Crippen LogP contribution in [-0.2, 0) is 9.53 Å². The van der Waals surface area contributed by atoms with Crippen LogP contribution in [0.4, 0.5) is 0 Å². The Morgan fingerprint density at radius 1 is 1.56 bits per heavy atom. The maximum absolute atomic E-state index is 11.5. The minimum absolute atomic E-state index is 0.120. The van der Waals surface area contributed by atoms with E-state index in [4.69, 9.17) is 4.74 Å². The molecule has 0 bridgehead atoms. The predicted molar refractivity (Wildman–Crippen MR) is 63.3 cm³/mol. The molecular formula is C13H21NO2. The van der Waals surface area contributed by atoms with Gasteiger partial charge in [-0.25, -0.2) is 0 Å². The summed E-state index contributed by atoms with van der Waals surface area (Å²) in [5.74, 6) is 0.669. The lowest BCUT2D eigenvalue weighted by Gasteiger charge is -2.37. The lowest BCUT2D eigenvalue weighted by molar-refractivity contribution is -0.117. The van der Waals surface area contributed by atoms with Crippen LogP contribution in [0.1, 0.15) is 26.7 Å². The van der Waals surface area contributed by atoms with Gasteiger partial charge in [-0.3, -0.25) is 4.79 Å². The zero-order valence-electron chi connectivity index (χ0n) is 10.2. The second kappa shape index (κ2) is 4.68. The largest absolute Gasteiger partial charge is 0.376 e. The Labute approximate surface area is 97.2 Å². The molecule has 2 unspecified atom stereocenters. The Morgan fingerprint density at radius 2 is 2.38 bits per heavy atom. The molecule has 0 aromatic rings. The molecule has 0 aromatic carbocycles. The van der Waals surface area contributed by atoms with Crippen molar-refractivity contribution in [3.8, 4) is 0 Å². The first-order chi connectivity index (χ1) is 7.58. The van der Waals surface area contributed by atoms with E-state index in [1.807, 2.05) is 0 Å². The summed E-state index contributed by atoms with van der Waals surface area (Å²) in [7, 11) is 0. The highest BCUT2D eigenvalue weighted by atomic mass is 16.5. The van der Waals surface area contributed by atoms with Crippen LogP contribution in [0.2, 0.25) is 0 Å². The number of carbonyl (C=O) groups excluding carboxylic acids is 1. The summed E-state index contributed by atoms with van der Waals surface area (Å²) >= 11 is 0. The summed E-state index contributed by atoms with van der Waals surface area (Å²) in [6.45, 7) is 7.07. The lowest BCUT2D eigenvalue weighted by Crippen LogP contribution is -2.41. The third-order valence-electron chi connectivity index (χ3n) is 3.75. The molecule has 1 heterocycles. The average Bonchev–Trinajstić information content (AvgIpc) is 2.26. The van der Waals surface area contributed by atoms with Crippen molar-refractivity contribution in [1.29, 1.82) is 0 Å². The van der Waals surface area contributed by atoms with Gasteiger partial charge in [-0.15, -0.1) is 0 Å². The molecule has 2 aliphatic rings. The zero-order valence-corrected chi connectivity index (χ0v) is 10.2. The standard InChI is InChI=1S/C13H21NO2/c1-13(2)4-3-11(15)7-10(13)8-12-9-14-5-6-16-12/h3-4,10,12,14H,5-9H2,1-2H3. The molecule has 2 atom stereocenters. The van der Waals surface area contributed by atoms with E-state index in [0.29, 0.717) is 12.3 Å². The average molecular weight is 223 g/mol. The van der Waals surface area contributed by atoms with E-state index in [-0.39, 0.29) is 17.3 Å². The molecule has 90 valence electrons. The van der Waals surface area contributed by atoms with Crippen LogP contribution in [0.15, 0.2) is 12.2 Å². The Kier molecular flexibility index (Phi) is 3.45. The van der Waals surface area contributed by atoms with Crippen molar-refractivity contribution in [2.75, 3.05) is 19.7 Å². The van der Waals surface area contributed by atoms with Crippen LogP contribution in [0.5, 0.6) is 0 Å². The summed E-state index contributed by atoms with van der Waals surface area (Å²) in [5, 5.41) is 3.34. The summed E-state index contributed by atoms with van der Waals surface area (Å²) in [6.07, 6.45) is 5.72. The van der Waals surface area contributed by atoms with Crippen molar-refractivity contribution in [2.24, 2.45) is 11.3 Å². The molecule has 0 spiro atoms. The van der Waals surface area contributed by atoms with E-state index in [0.717, 1.165) is 26.1 Å². The lowest BCUT2D eigenvalue weighted by atomic mass is 9.70. The van der Waals surface area contributed by atoms with Gasteiger partial charge in [-0.2, -0.15) is 0 Å². The highest BCUT2D eigenvalue weighted by Crippen LogP contribution is 2.38.